The Balaban J connectivity index is 1.59. The van der Waals surface area contributed by atoms with Crippen molar-refractivity contribution >= 4 is 6.03 Å². The number of halogens is 1. The third kappa shape index (κ3) is 5.18. The van der Waals surface area contributed by atoms with E-state index in [2.05, 4.69) is 5.32 Å². The topological polar surface area (TPSA) is 50.8 Å². The van der Waals surface area contributed by atoms with Crippen molar-refractivity contribution in [3.63, 3.8) is 0 Å². The van der Waals surface area contributed by atoms with Crippen LogP contribution in [-0.2, 0) is 4.74 Å². The van der Waals surface area contributed by atoms with Crippen molar-refractivity contribution < 1.29 is 18.7 Å². The molecule has 0 atom stereocenters. The van der Waals surface area contributed by atoms with Crippen molar-refractivity contribution in [1.82, 2.24) is 10.2 Å². The second kappa shape index (κ2) is 8.58. The Morgan fingerprint density at radius 2 is 1.95 bits per heavy atom. The number of likely N-dealkylation sites (tertiary alicyclic amines) is 1. The van der Waals surface area contributed by atoms with E-state index in [0.717, 1.165) is 25.9 Å². The number of nitrogens with zero attached hydrogens (tertiary/aromatic N) is 1. The van der Waals surface area contributed by atoms with Crippen LogP contribution in [0.5, 0.6) is 5.75 Å². The van der Waals surface area contributed by atoms with Crippen LogP contribution < -0.4 is 10.1 Å². The third-order valence-corrected chi connectivity index (χ3v) is 3.58. The van der Waals surface area contributed by atoms with Gasteiger partial charge < -0.3 is 19.7 Å². The van der Waals surface area contributed by atoms with Gasteiger partial charge in [0.2, 0.25) is 0 Å². The number of benzene rings is 1. The van der Waals surface area contributed by atoms with Crippen molar-refractivity contribution in [1.29, 1.82) is 0 Å². The van der Waals surface area contributed by atoms with Crippen LogP contribution in [-0.4, -0.2) is 49.9 Å². The Morgan fingerprint density at radius 1 is 1.27 bits per heavy atom. The lowest BCUT2D eigenvalue weighted by Gasteiger charge is -2.31. The molecule has 1 N–H and O–H groups in total. The second-order valence-electron chi connectivity index (χ2n) is 5.20. The first-order valence-corrected chi connectivity index (χ1v) is 7.71. The molecule has 5 nitrogen and oxygen atoms in total. The fourth-order valence-electron chi connectivity index (χ4n) is 2.39. The molecule has 1 aromatic rings. The van der Waals surface area contributed by atoms with E-state index in [1.807, 2.05) is 11.8 Å². The number of hydrogen-bond donors (Lipinski definition) is 1. The number of rotatable bonds is 6. The van der Waals surface area contributed by atoms with Gasteiger partial charge in [0.1, 0.15) is 18.2 Å². The maximum atomic E-state index is 12.7. The first kappa shape index (κ1) is 16.5. The van der Waals surface area contributed by atoms with Crippen molar-refractivity contribution in [2.75, 3.05) is 32.8 Å². The Kier molecular flexibility index (Phi) is 6.45. The van der Waals surface area contributed by atoms with Crippen molar-refractivity contribution in [3.05, 3.63) is 30.1 Å². The molecule has 122 valence electrons. The summed E-state index contributed by atoms with van der Waals surface area (Å²) in [6.45, 7) is 4.92. The van der Waals surface area contributed by atoms with Gasteiger partial charge in [0.25, 0.3) is 0 Å². The average Bonchev–Trinajstić information content (AvgIpc) is 2.54. The van der Waals surface area contributed by atoms with Crippen LogP contribution in [0.1, 0.15) is 19.8 Å². The first-order chi connectivity index (χ1) is 10.7. The highest BCUT2D eigenvalue weighted by atomic mass is 19.1. The van der Waals surface area contributed by atoms with Gasteiger partial charge in [-0.15, -0.1) is 0 Å². The van der Waals surface area contributed by atoms with Crippen LogP contribution in [0.3, 0.4) is 0 Å². The van der Waals surface area contributed by atoms with E-state index in [-0.39, 0.29) is 18.0 Å². The smallest absolute Gasteiger partial charge is 0.317 e. The Morgan fingerprint density at radius 3 is 2.59 bits per heavy atom. The minimum absolute atomic E-state index is 0.000549. The molecule has 1 heterocycles. The Hall–Kier alpha value is -1.82. The highest BCUT2D eigenvalue weighted by molar-refractivity contribution is 5.74. The van der Waals surface area contributed by atoms with Gasteiger partial charge in [-0.2, -0.15) is 0 Å². The van der Waals surface area contributed by atoms with Crippen LogP contribution in [0.15, 0.2) is 24.3 Å². The summed E-state index contributed by atoms with van der Waals surface area (Å²) in [5, 5.41) is 2.80. The van der Waals surface area contributed by atoms with E-state index >= 15 is 0 Å². The molecule has 0 bridgehead atoms. The monoisotopic (exact) mass is 310 g/mol. The van der Waals surface area contributed by atoms with Crippen LogP contribution in [0.2, 0.25) is 0 Å². The molecule has 0 radical (unpaired) electrons. The number of hydrogen-bond acceptors (Lipinski definition) is 3. The van der Waals surface area contributed by atoms with Gasteiger partial charge >= 0.3 is 6.03 Å². The molecule has 0 aliphatic carbocycles. The van der Waals surface area contributed by atoms with Gasteiger partial charge in [-0.1, -0.05) is 0 Å². The average molecular weight is 310 g/mol. The first-order valence-electron chi connectivity index (χ1n) is 7.71. The third-order valence-electron chi connectivity index (χ3n) is 3.58. The molecule has 1 saturated heterocycles. The van der Waals surface area contributed by atoms with E-state index in [9.17, 15) is 9.18 Å². The van der Waals surface area contributed by atoms with Gasteiger partial charge in [0.15, 0.2) is 0 Å². The molecule has 1 aliphatic rings. The van der Waals surface area contributed by atoms with Gasteiger partial charge in [0.05, 0.1) is 12.7 Å². The Labute approximate surface area is 130 Å². The molecular weight excluding hydrogens is 287 g/mol. The number of urea groups is 1. The molecule has 0 saturated carbocycles. The van der Waals surface area contributed by atoms with E-state index in [0.29, 0.717) is 25.5 Å². The molecule has 1 aromatic carbocycles. The molecular formula is C16H23FN2O3. The van der Waals surface area contributed by atoms with Gasteiger partial charge in [-0.05, 0) is 44.0 Å². The molecule has 2 amide bonds. The van der Waals surface area contributed by atoms with E-state index in [4.69, 9.17) is 9.47 Å². The second-order valence-corrected chi connectivity index (χ2v) is 5.20. The van der Waals surface area contributed by atoms with Crippen molar-refractivity contribution in [2.45, 2.75) is 25.9 Å². The lowest BCUT2D eigenvalue weighted by molar-refractivity contribution is 0.00191. The SMILES string of the molecule is CCNC(=O)N1CCC(OCCOc2ccc(F)cc2)CC1. The highest BCUT2D eigenvalue weighted by Crippen LogP contribution is 2.14. The largest absolute Gasteiger partial charge is 0.491 e. The number of ether oxygens (including phenoxy) is 2. The summed E-state index contributed by atoms with van der Waals surface area (Å²) in [6, 6.07) is 5.93. The summed E-state index contributed by atoms with van der Waals surface area (Å²) in [7, 11) is 0. The molecule has 2 rings (SSSR count). The molecule has 22 heavy (non-hydrogen) atoms. The minimum Gasteiger partial charge on any atom is -0.491 e. The van der Waals surface area contributed by atoms with Crippen molar-refractivity contribution in [2.24, 2.45) is 0 Å². The lowest BCUT2D eigenvalue weighted by Crippen LogP contribution is -2.46. The fraction of sp³-hybridized carbons (Fsp3) is 0.562. The highest BCUT2D eigenvalue weighted by Gasteiger charge is 2.22. The molecule has 1 fully saturated rings. The zero-order valence-electron chi connectivity index (χ0n) is 12.9. The summed E-state index contributed by atoms with van der Waals surface area (Å²) in [5.41, 5.74) is 0. The molecule has 1 aliphatic heterocycles. The fourth-order valence-corrected chi connectivity index (χ4v) is 2.39. The number of carbonyl (C=O) groups is 1. The van der Waals surface area contributed by atoms with Gasteiger partial charge in [-0.3, -0.25) is 0 Å². The predicted molar refractivity (Wildman–Crippen MR) is 81.5 cm³/mol. The van der Waals surface area contributed by atoms with Crippen LogP contribution in [0.4, 0.5) is 9.18 Å². The van der Waals surface area contributed by atoms with E-state index < -0.39 is 0 Å². The summed E-state index contributed by atoms with van der Waals surface area (Å²) >= 11 is 0. The van der Waals surface area contributed by atoms with Crippen LogP contribution >= 0.6 is 0 Å². The molecule has 0 unspecified atom stereocenters. The molecule has 6 heteroatoms. The Bertz CT molecular complexity index is 459. The summed E-state index contributed by atoms with van der Waals surface area (Å²) in [6.07, 6.45) is 1.85. The van der Waals surface area contributed by atoms with Crippen LogP contribution in [0, 0.1) is 5.82 Å². The zero-order valence-corrected chi connectivity index (χ0v) is 12.9. The van der Waals surface area contributed by atoms with Gasteiger partial charge in [0, 0.05) is 19.6 Å². The quantitative estimate of drug-likeness (QED) is 0.821. The molecule has 0 spiro atoms. The lowest BCUT2D eigenvalue weighted by atomic mass is 10.1. The van der Waals surface area contributed by atoms with Crippen molar-refractivity contribution in [3.8, 4) is 5.75 Å². The maximum Gasteiger partial charge on any atom is 0.317 e. The molecule has 0 aromatic heterocycles. The number of carbonyl (C=O) groups excluding carboxylic acids is 1. The number of piperidine rings is 1. The standard InChI is InChI=1S/C16H23FN2O3/c1-2-18-16(20)19-9-7-15(8-10-19)22-12-11-21-14-5-3-13(17)4-6-14/h3-6,15H,2,7-12H2,1H3,(H,18,20). The maximum absolute atomic E-state index is 12.7. The number of amides is 2. The van der Waals surface area contributed by atoms with Crippen LogP contribution in [0.25, 0.3) is 0 Å². The predicted octanol–water partition coefficient (Wildman–Crippen LogP) is 2.42. The summed E-state index contributed by atoms with van der Waals surface area (Å²) < 4.78 is 24.0. The summed E-state index contributed by atoms with van der Waals surface area (Å²) in [4.78, 5) is 13.5. The minimum atomic E-state index is -0.275. The van der Waals surface area contributed by atoms with E-state index in [1.165, 1.54) is 12.1 Å². The zero-order chi connectivity index (χ0) is 15.8. The van der Waals surface area contributed by atoms with E-state index in [1.54, 1.807) is 12.1 Å². The normalized spacial score (nSPS) is 15.6. The number of nitrogens with one attached hydrogen (secondary N) is 1. The summed E-state index contributed by atoms with van der Waals surface area (Å²) in [5.74, 6) is 0.360. The van der Waals surface area contributed by atoms with Gasteiger partial charge in [-0.25, -0.2) is 9.18 Å².